The number of likely N-dealkylation sites (N-methyl/N-ethyl adjacent to an activating group) is 1. The highest BCUT2D eigenvalue weighted by Gasteiger charge is 2.17. The van der Waals surface area contributed by atoms with E-state index in [1.807, 2.05) is 44.2 Å². The normalized spacial score (nSPS) is 12.0. The van der Waals surface area contributed by atoms with E-state index in [1.54, 1.807) is 0 Å². The van der Waals surface area contributed by atoms with Gasteiger partial charge in [-0.05, 0) is 56.6 Å². The Labute approximate surface area is 196 Å². The molecule has 1 atom stereocenters. The number of aryl methyl sites for hydroxylation is 2. The average Bonchev–Trinajstić information content (AvgIpc) is 3.15. The van der Waals surface area contributed by atoms with Crippen molar-refractivity contribution in [2.75, 3.05) is 19.6 Å². The molecule has 0 saturated carbocycles. The van der Waals surface area contributed by atoms with Gasteiger partial charge in [0.1, 0.15) is 18.1 Å². The van der Waals surface area contributed by atoms with Crippen LogP contribution in [0.25, 0.3) is 0 Å². The minimum absolute atomic E-state index is 0.0320. The van der Waals surface area contributed by atoms with Gasteiger partial charge in [0.15, 0.2) is 0 Å². The highest BCUT2D eigenvalue weighted by atomic mass is 16.5. The fourth-order valence-electron chi connectivity index (χ4n) is 4.00. The molecule has 3 rings (SSSR count). The summed E-state index contributed by atoms with van der Waals surface area (Å²) >= 11 is 0. The van der Waals surface area contributed by atoms with Crippen LogP contribution in [0.15, 0.2) is 59.1 Å². The van der Waals surface area contributed by atoms with Crippen molar-refractivity contribution < 1.29 is 14.1 Å². The first-order chi connectivity index (χ1) is 16.0. The van der Waals surface area contributed by atoms with Gasteiger partial charge in [-0.1, -0.05) is 61.5 Å². The molecular formula is C27H35N3O3. The van der Waals surface area contributed by atoms with E-state index in [4.69, 9.17) is 9.26 Å². The Hall–Kier alpha value is -3.12. The van der Waals surface area contributed by atoms with E-state index < -0.39 is 0 Å². The lowest BCUT2D eigenvalue weighted by Gasteiger charge is -2.30. The van der Waals surface area contributed by atoms with Crippen molar-refractivity contribution in [2.24, 2.45) is 0 Å². The Kier molecular flexibility index (Phi) is 9.07. The van der Waals surface area contributed by atoms with Crippen molar-refractivity contribution in [1.29, 1.82) is 0 Å². The van der Waals surface area contributed by atoms with Crippen LogP contribution >= 0.6 is 0 Å². The quantitative estimate of drug-likeness (QED) is 0.442. The summed E-state index contributed by atoms with van der Waals surface area (Å²) in [6.45, 7) is 11.1. The fraction of sp³-hybridized carbons (Fsp3) is 0.407. The smallest absolute Gasteiger partial charge is 0.224 e. The SMILES string of the molecule is CCN(CC)[C@@H](CNC(=O)Cc1ccc(OCc2c(C)noc2C)cc1)Cc1ccccc1. The fourth-order valence-corrected chi connectivity index (χ4v) is 4.00. The molecular weight excluding hydrogens is 414 g/mol. The van der Waals surface area contributed by atoms with E-state index in [9.17, 15) is 4.79 Å². The minimum Gasteiger partial charge on any atom is -0.489 e. The highest BCUT2D eigenvalue weighted by molar-refractivity contribution is 5.78. The zero-order valence-electron chi connectivity index (χ0n) is 20.1. The Morgan fingerprint density at radius 2 is 1.73 bits per heavy atom. The highest BCUT2D eigenvalue weighted by Crippen LogP contribution is 2.18. The lowest BCUT2D eigenvalue weighted by molar-refractivity contribution is -0.120. The molecule has 1 aromatic heterocycles. The Morgan fingerprint density at radius 1 is 1.03 bits per heavy atom. The van der Waals surface area contributed by atoms with Gasteiger partial charge in [-0.25, -0.2) is 0 Å². The van der Waals surface area contributed by atoms with Gasteiger partial charge in [0.2, 0.25) is 5.91 Å². The zero-order chi connectivity index (χ0) is 23.6. The number of nitrogens with zero attached hydrogens (tertiary/aromatic N) is 2. The van der Waals surface area contributed by atoms with Crippen molar-refractivity contribution in [3.8, 4) is 5.75 Å². The van der Waals surface area contributed by atoms with E-state index in [1.165, 1.54) is 5.56 Å². The molecule has 0 radical (unpaired) electrons. The predicted molar refractivity (Wildman–Crippen MR) is 130 cm³/mol. The van der Waals surface area contributed by atoms with E-state index in [0.29, 0.717) is 19.6 Å². The van der Waals surface area contributed by atoms with Crippen molar-refractivity contribution in [2.45, 2.75) is 53.2 Å². The molecule has 0 unspecified atom stereocenters. The molecule has 176 valence electrons. The summed E-state index contributed by atoms with van der Waals surface area (Å²) in [5.41, 5.74) is 4.06. The van der Waals surface area contributed by atoms with Gasteiger partial charge in [0.25, 0.3) is 0 Å². The molecule has 0 aliphatic heterocycles. The second-order valence-corrected chi connectivity index (χ2v) is 8.28. The standard InChI is InChI=1S/C27H35N3O3/c1-5-30(6-2)24(16-22-10-8-7-9-11-22)18-28-27(31)17-23-12-14-25(15-13-23)32-19-26-20(3)29-33-21(26)4/h7-15,24H,5-6,16-19H2,1-4H3,(H,28,31)/t24-/m1/s1. The van der Waals surface area contributed by atoms with Crippen molar-refractivity contribution >= 4 is 5.91 Å². The van der Waals surface area contributed by atoms with Crippen LogP contribution in [0.4, 0.5) is 0 Å². The molecule has 1 amide bonds. The number of rotatable bonds is 12. The summed E-state index contributed by atoms with van der Waals surface area (Å²) in [4.78, 5) is 15.0. The van der Waals surface area contributed by atoms with Gasteiger partial charge >= 0.3 is 0 Å². The Morgan fingerprint density at radius 3 is 2.33 bits per heavy atom. The van der Waals surface area contributed by atoms with Crippen LogP contribution in [0, 0.1) is 13.8 Å². The number of amides is 1. The van der Waals surface area contributed by atoms with Crippen LogP contribution in [0.3, 0.4) is 0 Å². The van der Waals surface area contributed by atoms with Gasteiger partial charge in [-0.2, -0.15) is 0 Å². The number of nitrogens with one attached hydrogen (secondary N) is 1. The average molecular weight is 450 g/mol. The van der Waals surface area contributed by atoms with Crippen LogP contribution in [0.1, 0.15) is 42.0 Å². The maximum atomic E-state index is 12.6. The van der Waals surface area contributed by atoms with Crippen LogP contribution in [0.5, 0.6) is 5.75 Å². The minimum atomic E-state index is 0.0320. The van der Waals surface area contributed by atoms with Gasteiger partial charge in [-0.15, -0.1) is 0 Å². The first-order valence-corrected chi connectivity index (χ1v) is 11.7. The van der Waals surface area contributed by atoms with Crippen LogP contribution < -0.4 is 10.1 Å². The molecule has 6 heteroatoms. The number of aromatic nitrogens is 1. The van der Waals surface area contributed by atoms with Crippen LogP contribution in [-0.2, 0) is 24.2 Å². The molecule has 0 aliphatic carbocycles. The van der Waals surface area contributed by atoms with Gasteiger partial charge < -0.3 is 14.6 Å². The molecule has 2 aromatic carbocycles. The second kappa shape index (κ2) is 12.2. The van der Waals surface area contributed by atoms with Gasteiger partial charge in [-0.3, -0.25) is 9.69 Å². The third-order valence-electron chi connectivity index (χ3n) is 6.03. The summed E-state index contributed by atoms with van der Waals surface area (Å²) in [5.74, 6) is 1.56. The number of carbonyl (C=O) groups is 1. The van der Waals surface area contributed by atoms with E-state index in [2.05, 4.69) is 53.5 Å². The maximum absolute atomic E-state index is 12.6. The summed E-state index contributed by atoms with van der Waals surface area (Å²) < 4.78 is 11.0. The van der Waals surface area contributed by atoms with E-state index in [-0.39, 0.29) is 11.9 Å². The Balaban J connectivity index is 1.51. The Bertz CT molecular complexity index is 976. The summed E-state index contributed by atoms with van der Waals surface area (Å²) in [7, 11) is 0. The van der Waals surface area contributed by atoms with E-state index in [0.717, 1.165) is 47.8 Å². The number of ether oxygens (including phenoxy) is 1. The number of hydrogen-bond donors (Lipinski definition) is 1. The molecule has 33 heavy (non-hydrogen) atoms. The topological polar surface area (TPSA) is 67.6 Å². The third-order valence-corrected chi connectivity index (χ3v) is 6.03. The van der Waals surface area contributed by atoms with E-state index >= 15 is 0 Å². The lowest BCUT2D eigenvalue weighted by atomic mass is 10.0. The summed E-state index contributed by atoms with van der Waals surface area (Å²) in [6.07, 6.45) is 1.26. The monoisotopic (exact) mass is 449 g/mol. The largest absolute Gasteiger partial charge is 0.489 e. The molecule has 3 aromatic rings. The molecule has 0 fully saturated rings. The molecule has 0 bridgehead atoms. The summed E-state index contributed by atoms with van der Waals surface area (Å²) in [6, 6.07) is 18.4. The molecule has 1 heterocycles. The number of carbonyl (C=O) groups excluding carboxylic acids is 1. The molecule has 6 nitrogen and oxygen atoms in total. The van der Waals surface area contributed by atoms with Crippen LogP contribution in [0.2, 0.25) is 0 Å². The van der Waals surface area contributed by atoms with Gasteiger partial charge in [0, 0.05) is 12.6 Å². The van der Waals surface area contributed by atoms with Crippen molar-refractivity contribution in [3.63, 3.8) is 0 Å². The molecule has 0 spiro atoms. The zero-order valence-corrected chi connectivity index (χ0v) is 20.1. The molecule has 0 aliphatic rings. The lowest BCUT2D eigenvalue weighted by Crippen LogP contribution is -2.45. The van der Waals surface area contributed by atoms with Gasteiger partial charge in [0.05, 0.1) is 17.7 Å². The maximum Gasteiger partial charge on any atom is 0.224 e. The number of hydrogen-bond acceptors (Lipinski definition) is 5. The second-order valence-electron chi connectivity index (χ2n) is 8.28. The third kappa shape index (κ3) is 7.19. The summed E-state index contributed by atoms with van der Waals surface area (Å²) in [5, 5.41) is 7.09. The van der Waals surface area contributed by atoms with Crippen molar-refractivity contribution in [3.05, 3.63) is 82.7 Å². The van der Waals surface area contributed by atoms with Crippen molar-refractivity contribution in [1.82, 2.24) is 15.4 Å². The predicted octanol–water partition coefficient (Wildman–Crippen LogP) is 4.48. The molecule has 1 N–H and O–H groups in total. The molecule has 0 saturated heterocycles. The first-order valence-electron chi connectivity index (χ1n) is 11.7. The van der Waals surface area contributed by atoms with Crippen LogP contribution in [-0.4, -0.2) is 41.6 Å². The number of benzene rings is 2. The first kappa shape index (κ1) is 24.5.